The molecule has 22 heavy (non-hydrogen) atoms. The van der Waals surface area contributed by atoms with Crippen LogP contribution in [-0.4, -0.2) is 33.1 Å². The van der Waals surface area contributed by atoms with E-state index in [0.717, 1.165) is 12.8 Å². The molecule has 0 heterocycles. The lowest BCUT2D eigenvalue weighted by molar-refractivity contribution is 0.0736. The summed E-state index contributed by atoms with van der Waals surface area (Å²) in [4.78, 5) is 0. The van der Waals surface area contributed by atoms with Crippen LogP contribution < -0.4 is 0 Å². The third-order valence-corrected chi connectivity index (χ3v) is 6.84. The van der Waals surface area contributed by atoms with E-state index in [0.29, 0.717) is 30.3 Å². The molecule has 2 aliphatic carbocycles. The SMILES string of the molecule is [3H]POC1C(COP([3H])OC2C(CO)CC(C)C2C)CC(C)C1C. The highest BCUT2D eigenvalue weighted by Gasteiger charge is 2.40. The van der Waals surface area contributed by atoms with Crippen LogP contribution in [0.3, 0.4) is 0 Å². The lowest BCUT2D eigenvalue weighted by atomic mass is 9.99. The quantitative estimate of drug-likeness (QED) is 0.676. The fourth-order valence-corrected chi connectivity index (χ4v) is 5.28. The van der Waals surface area contributed by atoms with Crippen LogP contribution in [0.2, 0.25) is 0 Å². The van der Waals surface area contributed by atoms with Gasteiger partial charge in [0.2, 0.25) is 0 Å². The van der Waals surface area contributed by atoms with Crippen molar-refractivity contribution in [2.24, 2.45) is 35.5 Å². The summed E-state index contributed by atoms with van der Waals surface area (Å²) in [5.74, 6) is 2.16. The maximum absolute atomic E-state index is 9.53. The second-order valence-electron chi connectivity index (χ2n) is 7.37. The molecule has 6 heteroatoms. The molecule has 0 bridgehead atoms. The van der Waals surface area contributed by atoms with E-state index < -0.39 is 8.98 Å². The lowest BCUT2D eigenvalue weighted by Gasteiger charge is -2.24. The predicted molar refractivity (Wildman–Crippen MR) is 93.7 cm³/mol. The highest BCUT2D eigenvalue weighted by atomic mass is 31.1. The topological polar surface area (TPSA) is 47.9 Å². The van der Waals surface area contributed by atoms with Gasteiger partial charge in [-0.25, -0.2) is 0 Å². The molecule has 2 saturated carbocycles. The smallest absolute Gasteiger partial charge is 0.155 e. The van der Waals surface area contributed by atoms with E-state index in [9.17, 15) is 5.11 Å². The minimum Gasteiger partial charge on any atom is -0.396 e. The Bertz CT molecular complexity index is 393. The van der Waals surface area contributed by atoms with E-state index in [2.05, 4.69) is 27.7 Å². The van der Waals surface area contributed by atoms with Gasteiger partial charge in [0, 0.05) is 27.9 Å². The Labute approximate surface area is 141 Å². The summed E-state index contributed by atoms with van der Waals surface area (Å²) in [6.45, 7) is 9.26. The van der Waals surface area contributed by atoms with Crippen molar-refractivity contribution in [1.29, 1.82) is 2.56 Å². The fraction of sp³-hybridized carbons (Fsp3) is 1.00. The predicted octanol–water partition coefficient (Wildman–Crippen LogP) is 3.65. The van der Waals surface area contributed by atoms with Crippen molar-refractivity contribution < 1.29 is 18.7 Å². The van der Waals surface area contributed by atoms with E-state index in [1.54, 1.807) is 0 Å². The highest BCUT2D eigenvalue weighted by molar-refractivity contribution is 7.26. The summed E-state index contributed by atoms with van der Waals surface area (Å²) in [5.41, 5.74) is 0. The first-order chi connectivity index (χ1) is 11.4. The minimum absolute atomic E-state index is 0.0508. The molecule has 0 aromatic carbocycles. The Hall–Kier alpha value is 0.700. The number of hydrogen-bond acceptors (Lipinski definition) is 4. The van der Waals surface area contributed by atoms with Crippen LogP contribution in [-0.2, 0) is 13.6 Å². The summed E-state index contributed by atoms with van der Waals surface area (Å²) in [6.07, 6.45) is 1.92. The highest BCUT2D eigenvalue weighted by Crippen LogP contribution is 2.43. The molecule has 0 spiro atoms. The maximum atomic E-state index is 9.53. The first-order valence-corrected chi connectivity index (χ1v) is 9.54. The number of hydrogen-bond donors (Lipinski definition) is 1. The molecule has 10 atom stereocenters. The Morgan fingerprint density at radius 1 is 1.14 bits per heavy atom. The molecule has 10 unspecified atom stereocenters. The van der Waals surface area contributed by atoms with Gasteiger partial charge in [0.1, 0.15) is 1.28 Å². The molecule has 0 aromatic rings. The van der Waals surface area contributed by atoms with Crippen LogP contribution in [0.25, 0.3) is 0 Å². The zero-order valence-electron chi connectivity index (χ0n) is 16.1. The van der Waals surface area contributed by atoms with Crippen LogP contribution >= 0.6 is 18.4 Å². The van der Waals surface area contributed by atoms with Crippen molar-refractivity contribution in [3.63, 3.8) is 0 Å². The molecule has 2 rings (SSSR count). The van der Waals surface area contributed by atoms with Crippen LogP contribution in [0.15, 0.2) is 0 Å². The van der Waals surface area contributed by atoms with Crippen molar-refractivity contribution in [3.05, 3.63) is 0 Å². The Kier molecular flexibility index (Phi) is 6.40. The standard InChI is InChI=1S/C16H32O4P2/c1-9-5-13(7-17)16(12(9)4)20-22-18-8-14-6-10(2)11(3)15(14)19-21/h9-17,22H,5-8,21H2,1-4H3/i21T,22T. The molecule has 2 fully saturated rings. The maximum Gasteiger partial charge on any atom is 0.155 e. The first kappa shape index (κ1) is 16.2. The van der Waals surface area contributed by atoms with Crippen molar-refractivity contribution >= 4 is 18.4 Å². The summed E-state index contributed by atoms with van der Waals surface area (Å²) < 4.78 is 32.7. The third kappa shape index (κ3) is 4.21. The molecule has 0 aromatic heterocycles. The van der Waals surface area contributed by atoms with Gasteiger partial charge in [0.25, 0.3) is 0 Å². The van der Waals surface area contributed by atoms with E-state index in [1.807, 2.05) is 0 Å². The van der Waals surface area contributed by atoms with E-state index in [1.165, 1.54) is 0 Å². The first-order valence-electron chi connectivity index (χ1n) is 9.35. The normalized spacial score (nSPS) is 48.8. The van der Waals surface area contributed by atoms with Gasteiger partial charge in [-0.1, -0.05) is 27.7 Å². The number of rotatable bonds is 8. The monoisotopic (exact) mass is 354 g/mol. The van der Waals surface area contributed by atoms with Gasteiger partial charge in [-0.05, 0) is 36.5 Å². The van der Waals surface area contributed by atoms with Gasteiger partial charge in [-0.3, -0.25) is 0 Å². The van der Waals surface area contributed by atoms with Crippen LogP contribution in [0, 0.1) is 35.5 Å². The average Bonchev–Trinajstić information content (AvgIpc) is 2.98. The molecule has 130 valence electrons. The largest absolute Gasteiger partial charge is 0.396 e. The van der Waals surface area contributed by atoms with Gasteiger partial charge in [-0.15, -0.1) is 0 Å². The summed E-state index contributed by atoms with van der Waals surface area (Å²) in [5, 5.41) is 9.53. The van der Waals surface area contributed by atoms with Gasteiger partial charge in [0.05, 0.1) is 20.1 Å². The summed E-state index contributed by atoms with van der Waals surface area (Å²) in [6, 6.07) is 0. The number of aliphatic hydroxyl groups is 1. The van der Waals surface area contributed by atoms with E-state index in [4.69, 9.17) is 16.1 Å². The molecule has 1 N–H and O–H groups in total. The zero-order chi connectivity index (χ0) is 17.9. The molecule has 2 aliphatic rings. The fourth-order valence-electron chi connectivity index (χ4n) is 4.09. The van der Waals surface area contributed by atoms with Crippen LogP contribution in [0.5, 0.6) is 0 Å². The zero-order valence-corrected chi connectivity index (χ0v) is 16.0. The van der Waals surface area contributed by atoms with E-state index >= 15 is 0 Å². The van der Waals surface area contributed by atoms with Gasteiger partial charge in [0.15, 0.2) is 8.98 Å². The average molecular weight is 354 g/mol. The molecule has 0 saturated heterocycles. The Balaban J connectivity index is 1.83. The number of aliphatic hydroxyl groups excluding tert-OH is 1. The van der Waals surface area contributed by atoms with Crippen LogP contribution in [0.4, 0.5) is 0 Å². The molecular formula is C16H32O4P2. The molecule has 0 aliphatic heterocycles. The van der Waals surface area contributed by atoms with Gasteiger partial charge < -0.3 is 18.7 Å². The van der Waals surface area contributed by atoms with Crippen molar-refractivity contribution in [2.75, 3.05) is 13.2 Å². The molecule has 4 nitrogen and oxygen atoms in total. The van der Waals surface area contributed by atoms with Crippen molar-refractivity contribution in [1.82, 2.24) is 0 Å². The molecule has 0 amide bonds. The second kappa shape index (κ2) is 8.70. The summed E-state index contributed by atoms with van der Waals surface area (Å²) in [7, 11) is -1.96. The summed E-state index contributed by atoms with van der Waals surface area (Å²) >= 11 is 0. The second-order valence-corrected chi connectivity index (χ2v) is 8.22. The Morgan fingerprint density at radius 3 is 2.41 bits per heavy atom. The van der Waals surface area contributed by atoms with Crippen LogP contribution in [0.1, 0.15) is 40.5 Å². The van der Waals surface area contributed by atoms with Crippen molar-refractivity contribution in [2.45, 2.75) is 52.7 Å². The van der Waals surface area contributed by atoms with Gasteiger partial charge >= 0.3 is 0 Å². The van der Waals surface area contributed by atoms with Gasteiger partial charge in [-0.2, -0.15) is 0 Å². The lowest BCUT2D eigenvalue weighted by Crippen LogP contribution is -2.25. The Morgan fingerprint density at radius 2 is 1.77 bits per heavy atom. The molecule has 0 radical (unpaired) electrons. The third-order valence-electron chi connectivity index (χ3n) is 5.99. The van der Waals surface area contributed by atoms with Crippen molar-refractivity contribution in [3.8, 4) is 0 Å². The van der Waals surface area contributed by atoms with E-state index in [-0.39, 0.29) is 40.1 Å². The minimum atomic E-state index is -1.70. The molecular weight excluding hydrogens is 318 g/mol.